The van der Waals surface area contributed by atoms with Gasteiger partial charge in [-0.15, -0.1) is 0 Å². The zero-order valence-corrected chi connectivity index (χ0v) is 11.8. The Morgan fingerprint density at radius 3 is 2.90 bits per heavy atom. The molecule has 8 heteroatoms. The fourth-order valence-electron chi connectivity index (χ4n) is 1.86. The molecular weight excluding hydrogens is 274 g/mol. The molecule has 8 nitrogen and oxygen atoms in total. The number of amidine groups is 1. The summed E-state index contributed by atoms with van der Waals surface area (Å²) < 4.78 is 10.2. The Morgan fingerprint density at radius 2 is 2.29 bits per heavy atom. The molecular formula is C13H17N5O3. The van der Waals surface area contributed by atoms with Gasteiger partial charge in [-0.1, -0.05) is 10.3 Å². The molecule has 0 unspecified atom stereocenters. The summed E-state index contributed by atoms with van der Waals surface area (Å²) in [4.78, 5) is 4.10. The highest BCUT2D eigenvalue weighted by Gasteiger charge is 2.08. The fourth-order valence-corrected chi connectivity index (χ4v) is 1.86. The van der Waals surface area contributed by atoms with Gasteiger partial charge < -0.3 is 25.5 Å². The molecule has 2 aromatic rings. The van der Waals surface area contributed by atoms with Gasteiger partial charge in [0.25, 0.3) is 0 Å². The van der Waals surface area contributed by atoms with E-state index in [1.165, 1.54) is 0 Å². The molecule has 21 heavy (non-hydrogen) atoms. The Labute approximate surface area is 121 Å². The molecule has 0 spiro atoms. The van der Waals surface area contributed by atoms with Crippen molar-refractivity contribution in [2.45, 2.75) is 20.0 Å². The maximum absolute atomic E-state index is 8.72. The van der Waals surface area contributed by atoms with E-state index in [-0.39, 0.29) is 5.84 Å². The molecule has 4 N–H and O–H groups in total. The van der Waals surface area contributed by atoms with Crippen LogP contribution in [0.3, 0.4) is 0 Å². The predicted octanol–water partition coefficient (Wildman–Crippen LogP) is 0.771. The third-order valence-electron chi connectivity index (χ3n) is 2.85. The van der Waals surface area contributed by atoms with Crippen LogP contribution in [0.25, 0.3) is 0 Å². The number of oxime groups is 1. The van der Waals surface area contributed by atoms with Gasteiger partial charge in [-0.3, -0.25) is 0 Å². The van der Waals surface area contributed by atoms with Crippen molar-refractivity contribution in [2.24, 2.45) is 10.9 Å². The standard InChI is InChI=1S/C13H17N5O3/c1-8-16-12(18-21-8)7-15-6-10-5-9(13(14)17-19)3-4-11(10)20-2/h3-5,15,19H,6-7H2,1-2H3,(H2,14,17). The van der Waals surface area contributed by atoms with Gasteiger partial charge in [0.2, 0.25) is 5.89 Å². The lowest BCUT2D eigenvalue weighted by Gasteiger charge is -2.10. The maximum Gasteiger partial charge on any atom is 0.223 e. The molecule has 2 rings (SSSR count). The minimum Gasteiger partial charge on any atom is -0.496 e. The predicted molar refractivity (Wildman–Crippen MR) is 75.1 cm³/mol. The molecule has 0 saturated heterocycles. The van der Waals surface area contributed by atoms with Crippen molar-refractivity contribution < 1.29 is 14.5 Å². The van der Waals surface area contributed by atoms with Gasteiger partial charge in [-0.2, -0.15) is 4.98 Å². The minimum absolute atomic E-state index is 0.0488. The first kappa shape index (κ1) is 14.8. The van der Waals surface area contributed by atoms with E-state index >= 15 is 0 Å². The SMILES string of the molecule is COc1ccc(/C(N)=N/O)cc1CNCc1noc(C)n1. The molecule has 0 aliphatic heterocycles. The van der Waals surface area contributed by atoms with Gasteiger partial charge >= 0.3 is 0 Å². The van der Waals surface area contributed by atoms with Crippen LogP contribution in [0.4, 0.5) is 0 Å². The van der Waals surface area contributed by atoms with Gasteiger partial charge in [-0.05, 0) is 18.2 Å². The first-order valence-electron chi connectivity index (χ1n) is 6.28. The molecule has 1 aromatic carbocycles. The number of aryl methyl sites for hydroxylation is 1. The largest absolute Gasteiger partial charge is 0.496 e. The lowest BCUT2D eigenvalue weighted by Crippen LogP contribution is -2.17. The molecule has 0 atom stereocenters. The van der Waals surface area contributed by atoms with Crippen LogP contribution in [0.2, 0.25) is 0 Å². The van der Waals surface area contributed by atoms with E-state index in [2.05, 4.69) is 20.6 Å². The van der Waals surface area contributed by atoms with E-state index in [4.69, 9.17) is 20.2 Å². The number of nitrogens with zero attached hydrogens (tertiary/aromatic N) is 3. The monoisotopic (exact) mass is 291 g/mol. The second-order valence-corrected chi connectivity index (χ2v) is 4.35. The van der Waals surface area contributed by atoms with Gasteiger partial charge in [0.15, 0.2) is 11.7 Å². The third-order valence-corrected chi connectivity index (χ3v) is 2.85. The van der Waals surface area contributed by atoms with Gasteiger partial charge in [0, 0.05) is 24.6 Å². The van der Waals surface area contributed by atoms with Crippen LogP contribution in [0.15, 0.2) is 27.9 Å². The number of ether oxygens (including phenoxy) is 1. The van der Waals surface area contributed by atoms with E-state index in [0.29, 0.717) is 36.1 Å². The summed E-state index contributed by atoms with van der Waals surface area (Å²) in [6.45, 7) is 2.72. The number of aromatic nitrogens is 2. The van der Waals surface area contributed by atoms with Crippen LogP contribution in [-0.4, -0.2) is 28.3 Å². The Kier molecular flexibility index (Phi) is 4.72. The minimum atomic E-state index is 0.0488. The average Bonchev–Trinajstić information content (AvgIpc) is 2.91. The van der Waals surface area contributed by atoms with Gasteiger partial charge in [-0.25, -0.2) is 0 Å². The number of hydrogen-bond donors (Lipinski definition) is 3. The number of hydrogen-bond acceptors (Lipinski definition) is 7. The molecule has 1 heterocycles. The number of methoxy groups -OCH3 is 1. The second-order valence-electron chi connectivity index (χ2n) is 4.35. The van der Waals surface area contributed by atoms with E-state index in [1.807, 2.05) is 0 Å². The molecule has 0 amide bonds. The highest BCUT2D eigenvalue weighted by molar-refractivity contribution is 5.97. The quantitative estimate of drug-likeness (QED) is 0.311. The Hall–Kier alpha value is -2.61. The zero-order valence-electron chi connectivity index (χ0n) is 11.8. The number of benzene rings is 1. The van der Waals surface area contributed by atoms with Crippen molar-refractivity contribution in [3.8, 4) is 5.75 Å². The average molecular weight is 291 g/mol. The van der Waals surface area contributed by atoms with E-state index in [1.54, 1.807) is 32.2 Å². The molecule has 0 aliphatic carbocycles. The molecule has 0 aliphatic rings. The van der Waals surface area contributed by atoms with Crippen LogP contribution in [-0.2, 0) is 13.1 Å². The molecule has 112 valence electrons. The Morgan fingerprint density at radius 1 is 1.48 bits per heavy atom. The molecule has 0 saturated carbocycles. The smallest absolute Gasteiger partial charge is 0.223 e. The normalized spacial score (nSPS) is 11.6. The van der Waals surface area contributed by atoms with Crippen molar-refractivity contribution in [3.63, 3.8) is 0 Å². The summed E-state index contributed by atoms with van der Waals surface area (Å²) in [5.41, 5.74) is 7.08. The zero-order chi connectivity index (χ0) is 15.2. The summed E-state index contributed by atoms with van der Waals surface area (Å²) in [6.07, 6.45) is 0. The van der Waals surface area contributed by atoms with E-state index in [9.17, 15) is 0 Å². The van der Waals surface area contributed by atoms with Gasteiger partial charge in [0.1, 0.15) is 5.75 Å². The van der Waals surface area contributed by atoms with E-state index < -0.39 is 0 Å². The van der Waals surface area contributed by atoms with Crippen molar-refractivity contribution >= 4 is 5.84 Å². The Balaban J connectivity index is 2.06. The lowest BCUT2D eigenvalue weighted by molar-refractivity contribution is 0.318. The van der Waals surface area contributed by atoms with Crippen molar-refractivity contribution in [3.05, 3.63) is 41.0 Å². The van der Waals surface area contributed by atoms with Crippen LogP contribution >= 0.6 is 0 Å². The number of nitrogens with two attached hydrogens (primary N) is 1. The Bertz CT molecular complexity index is 638. The van der Waals surface area contributed by atoms with Crippen LogP contribution in [0.1, 0.15) is 22.8 Å². The summed E-state index contributed by atoms with van der Waals surface area (Å²) in [5, 5.41) is 18.7. The number of rotatable bonds is 6. The van der Waals surface area contributed by atoms with Crippen LogP contribution < -0.4 is 15.8 Å². The highest BCUT2D eigenvalue weighted by atomic mass is 16.5. The summed E-state index contributed by atoms with van der Waals surface area (Å²) in [7, 11) is 1.59. The third kappa shape index (κ3) is 3.69. The summed E-state index contributed by atoms with van der Waals surface area (Å²) in [6, 6.07) is 5.28. The topological polar surface area (TPSA) is 119 Å². The van der Waals surface area contributed by atoms with Crippen molar-refractivity contribution in [1.29, 1.82) is 0 Å². The summed E-state index contributed by atoms with van der Waals surface area (Å²) in [5.74, 6) is 1.87. The first-order chi connectivity index (χ1) is 10.1. The first-order valence-corrected chi connectivity index (χ1v) is 6.28. The van der Waals surface area contributed by atoms with Crippen LogP contribution in [0, 0.1) is 6.92 Å². The maximum atomic E-state index is 8.72. The molecule has 0 fully saturated rings. The molecule has 0 radical (unpaired) electrons. The molecule has 0 bridgehead atoms. The highest BCUT2D eigenvalue weighted by Crippen LogP contribution is 2.19. The van der Waals surface area contributed by atoms with E-state index in [0.717, 1.165) is 5.56 Å². The van der Waals surface area contributed by atoms with Gasteiger partial charge in [0.05, 0.1) is 13.7 Å². The second kappa shape index (κ2) is 6.71. The lowest BCUT2D eigenvalue weighted by atomic mass is 10.1. The van der Waals surface area contributed by atoms with Crippen LogP contribution in [0.5, 0.6) is 5.75 Å². The van der Waals surface area contributed by atoms with Crippen molar-refractivity contribution in [2.75, 3.05) is 7.11 Å². The fraction of sp³-hybridized carbons (Fsp3) is 0.308. The summed E-state index contributed by atoms with van der Waals surface area (Å²) >= 11 is 0. The number of nitrogens with one attached hydrogen (secondary N) is 1. The van der Waals surface area contributed by atoms with Crippen molar-refractivity contribution in [1.82, 2.24) is 15.5 Å². The molecule has 1 aromatic heterocycles.